The highest BCUT2D eigenvalue weighted by Crippen LogP contribution is 2.29. The van der Waals surface area contributed by atoms with Crippen LogP contribution in [-0.2, 0) is 0 Å². The lowest BCUT2D eigenvalue weighted by Gasteiger charge is -2.13. The molecule has 2 N–H and O–H groups in total. The number of ether oxygens (including phenoxy) is 1. The van der Waals surface area contributed by atoms with Gasteiger partial charge in [-0.15, -0.1) is 0 Å². The standard InChI is InChI=1S/C16H17N3O/c1-10-6-13(9-17)7-11(2)16(10)20-15-8-14(12(3)18)4-5-19-15/h4-8,12H,18H2,1-3H3/t12-/m1/s1. The average Bonchev–Trinajstić information content (AvgIpc) is 2.42. The molecule has 102 valence electrons. The van der Waals surface area contributed by atoms with Crippen LogP contribution in [0.4, 0.5) is 0 Å². The van der Waals surface area contributed by atoms with Crippen LogP contribution in [-0.4, -0.2) is 4.98 Å². The van der Waals surface area contributed by atoms with Gasteiger partial charge in [-0.1, -0.05) is 0 Å². The van der Waals surface area contributed by atoms with E-state index in [0.29, 0.717) is 11.4 Å². The molecular weight excluding hydrogens is 250 g/mol. The number of nitriles is 1. The quantitative estimate of drug-likeness (QED) is 0.925. The Morgan fingerprint density at radius 3 is 2.45 bits per heavy atom. The molecule has 2 rings (SSSR count). The number of nitrogens with zero attached hydrogens (tertiary/aromatic N) is 2. The molecule has 0 saturated heterocycles. The first-order valence-electron chi connectivity index (χ1n) is 6.42. The predicted octanol–water partition coefficient (Wildman–Crippen LogP) is 3.38. The molecule has 1 atom stereocenters. The van der Waals surface area contributed by atoms with Gasteiger partial charge in [-0.3, -0.25) is 0 Å². The van der Waals surface area contributed by atoms with E-state index in [1.807, 2.05) is 32.9 Å². The molecule has 20 heavy (non-hydrogen) atoms. The van der Waals surface area contributed by atoms with Gasteiger partial charge in [0.2, 0.25) is 5.88 Å². The van der Waals surface area contributed by atoms with E-state index in [2.05, 4.69) is 11.1 Å². The summed E-state index contributed by atoms with van der Waals surface area (Å²) in [6.45, 7) is 5.74. The molecule has 2 aromatic rings. The number of pyridine rings is 1. The highest BCUT2D eigenvalue weighted by atomic mass is 16.5. The van der Waals surface area contributed by atoms with Gasteiger partial charge in [-0.05, 0) is 55.7 Å². The van der Waals surface area contributed by atoms with Gasteiger partial charge in [-0.2, -0.15) is 5.26 Å². The van der Waals surface area contributed by atoms with Crippen molar-refractivity contribution in [2.75, 3.05) is 0 Å². The zero-order valence-corrected chi connectivity index (χ0v) is 11.8. The summed E-state index contributed by atoms with van der Waals surface area (Å²) >= 11 is 0. The first-order chi connectivity index (χ1) is 9.51. The number of aromatic nitrogens is 1. The van der Waals surface area contributed by atoms with Crippen molar-refractivity contribution in [1.82, 2.24) is 4.98 Å². The molecule has 4 nitrogen and oxygen atoms in total. The maximum atomic E-state index is 8.95. The Kier molecular flexibility index (Phi) is 4.02. The third-order valence-corrected chi connectivity index (χ3v) is 3.08. The monoisotopic (exact) mass is 267 g/mol. The minimum absolute atomic E-state index is 0.0662. The van der Waals surface area contributed by atoms with Crippen LogP contribution in [0.25, 0.3) is 0 Å². The fourth-order valence-corrected chi connectivity index (χ4v) is 2.04. The van der Waals surface area contributed by atoms with Crippen LogP contribution >= 0.6 is 0 Å². The van der Waals surface area contributed by atoms with Crippen LogP contribution < -0.4 is 10.5 Å². The zero-order valence-electron chi connectivity index (χ0n) is 11.8. The Morgan fingerprint density at radius 2 is 1.90 bits per heavy atom. The van der Waals surface area contributed by atoms with Gasteiger partial charge in [0, 0.05) is 18.3 Å². The number of hydrogen-bond donors (Lipinski definition) is 1. The SMILES string of the molecule is Cc1cc(C#N)cc(C)c1Oc1cc([C@@H](C)N)ccn1. The number of aryl methyl sites for hydroxylation is 2. The third kappa shape index (κ3) is 2.95. The fraction of sp³-hybridized carbons (Fsp3) is 0.250. The molecule has 0 fully saturated rings. The van der Waals surface area contributed by atoms with Crippen LogP contribution in [0.3, 0.4) is 0 Å². The number of nitrogens with two attached hydrogens (primary N) is 1. The summed E-state index contributed by atoms with van der Waals surface area (Å²) in [4.78, 5) is 4.20. The van der Waals surface area contributed by atoms with Crippen molar-refractivity contribution in [2.24, 2.45) is 5.73 Å². The second-order valence-electron chi connectivity index (χ2n) is 4.87. The second kappa shape index (κ2) is 5.72. The second-order valence-corrected chi connectivity index (χ2v) is 4.87. The molecule has 1 heterocycles. The highest BCUT2D eigenvalue weighted by Gasteiger charge is 2.09. The number of benzene rings is 1. The summed E-state index contributed by atoms with van der Waals surface area (Å²) in [6, 6.07) is 9.38. The van der Waals surface area contributed by atoms with E-state index in [1.54, 1.807) is 18.3 Å². The largest absolute Gasteiger partial charge is 0.438 e. The van der Waals surface area contributed by atoms with Crippen LogP contribution in [0.15, 0.2) is 30.5 Å². The maximum absolute atomic E-state index is 8.95. The molecular formula is C16H17N3O. The van der Waals surface area contributed by atoms with E-state index in [4.69, 9.17) is 15.7 Å². The van der Waals surface area contributed by atoms with Crippen molar-refractivity contribution in [1.29, 1.82) is 5.26 Å². The molecule has 0 radical (unpaired) electrons. The van der Waals surface area contributed by atoms with Gasteiger partial charge >= 0.3 is 0 Å². The van der Waals surface area contributed by atoms with Crippen molar-refractivity contribution in [3.05, 3.63) is 52.7 Å². The van der Waals surface area contributed by atoms with Crippen molar-refractivity contribution in [3.8, 4) is 17.7 Å². The van der Waals surface area contributed by atoms with Crippen molar-refractivity contribution >= 4 is 0 Å². The smallest absolute Gasteiger partial charge is 0.219 e. The molecule has 0 bridgehead atoms. The summed E-state index contributed by atoms with van der Waals surface area (Å²) in [5, 5.41) is 8.95. The van der Waals surface area contributed by atoms with Crippen LogP contribution in [0.2, 0.25) is 0 Å². The van der Waals surface area contributed by atoms with Gasteiger partial charge in [-0.25, -0.2) is 4.98 Å². The molecule has 1 aromatic heterocycles. The first kappa shape index (κ1) is 14.0. The van der Waals surface area contributed by atoms with Crippen LogP contribution in [0.5, 0.6) is 11.6 Å². The number of hydrogen-bond acceptors (Lipinski definition) is 4. The third-order valence-electron chi connectivity index (χ3n) is 3.08. The molecule has 0 aliphatic carbocycles. The van der Waals surface area contributed by atoms with Crippen LogP contribution in [0, 0.1) is 25.2 Å². The fourth-order valence-electron chi connectivity index (χ4n) is 2.04. The van der Waals surface area contributed by atoms with Gasteiger partial charge in [0.15, 0.2) is 0 Å². The lowest BCUT2D eigenvalue weighted by Crippen LogP contribution is -2.05. The van der Waals surface area contributed by atoms with Crippen molar-refractivity contribution in [3.63, 3.8) is 0 Å². The zero-order chi connectivity index (χ0) is 14.7. The topological polar surface area (TPSA) is 71.9 Å². The van der Waals surface area contributed by atoms with E-state index in [1.165, 1.54) is 0 Å². The molecule has 0 amide bonds. The van der Waals surface area contributed by atoms with Crippen LogP contribution in [0.1, 0.15) is 35.2 Å². The van der Waals surface area contributed by atoms with Gasteiger partial charge in [0.1, 0.15) is 5.75 Å². The van der Waals surface area contributed by atoms with Gasteiger partial charge in [0.25, 0.3) is 0 Å². The Hall–Kier alpha value is -2.38. The lowest BCUT2D eigenvalue weighted by molar-refractivity contribution is 0.454. The lowest BCUT2D eigenvalue weighted by atomic mass is 10.1. The molecule has 0 spiro atoms. The van der Waals surface area contributed by atoms with E-state index in [-0.39, 0.29) is 6.04 Å². The summed E-state index contributed by atoms with van der Waals surface area (Å²) in [5.41, 5.74) is 9.28. The number of rotatable bonds is 3. The molecule has 0 aliphatic rings. The molecule has 0 aliphatic heterocycles. The normalized spacial score (nSPS) is 11.8. The maximum Gasteiger partial charge on any atom is 0.219 e. The predicted molar refractivity (Wildman–Crippen MR) is 77.5 cm³/mol. The molecule has 4 heteroatoms. The Morgan fingerprint density at radius 1 is 1.25 bits per heavy atom. The van der Waals surface area contributed by atoms with Crippen molar-refractivity contribution < 1.29 is 4.74 Å². The summed E-state index contributed by atoms with van der Waals surface area (Å²) in [5.74, 6) is 1.24. The minimum Gasteiger partial charge on any atom is -0.438 e. The Bertz CT molecular complexity index is 649. The van der Waals surface area contributed by atoms with Crippen molar-refractivity contribution in [2.45, 2.75) is 26.8 Å². The van der Waals surface area contributed by atoms with Gasteiger partial charge < -0.3 is 10.5 Å². The van der Waals surface area contributed by atoms with E-state index in [0.717, 1.165) is 22.4 Å². The first-order valence-corrected chi connectivity index (χ1v) is 6.42. The molecule has 1 aromatic carbocycles. The molecule has 0 unspecified atom stereocenters. The Labute approximate surface area is 118 Å². The van der Waals surface area contributed by atoms with E-state index < -0.39 is 0 Å². The van der Waals surface area contributed by atoms with E-state index >= 15 is 0 Å². The summed E-state index contributed by atoms with van der Waals surface area (Å²) in [7, 11) is 0. The molecule has 0 saturated carbocycles. The minimum atomic E-state index is -0.0662. The van der Waals surface area contributed by atoms with E-state index in [9.17, 15) is 0 Å². The average molecular weight is 267 g/mol. The van der Waals surface area contributed by atoms with Gasteiger partial charge in [0.05, 0.1) is 11.6 Å². The summed E-state index contributed by atoms with van der Waals surface area (Å²) in [6.07, 6.45) is 1.68. The highest BCUT2D eigenvalue weighted by molar-refractivity contribution is 5.48. The summed E-state index contributed by atoms with van der Waals surface area (Å²) < 4.78 is 5.85. The Balaban J connectivity index is 2.36.